The van der Waals surface area contributed by atoms with Gasteiger partial charge in [-0.3, -0.25) is 13.9 Å². The van der Waals surface area contributed by atoms with Gasteiger partial charge in [-0.15, -0.1) is 0 Å². The molecule has 0 aromatic heterocycles. The molecule has 3 aromatic rings. The van der Waals surface area contributed by atoms with Crippen LogP contribution in [-0.4, -0.2) is 43.3 Å². The molecule has 3 rings (SSSR count). The molecule has 0 spiro atoms. The second-order valence-electron chi connectivity index (χ2n) is 10.5. The van der Waals surface area contributed by atoms with Crippen LogP contribution in [-0.2, 0) is 32.6 Å². The van der Waals surface area contributed by atoms with Gasteiger partial charge in [0.05, 0.1) is 10.6 Å². The van der Waals surface area contributed by atoms with Crippen molar-refractivity contribution in [2.75, 3.05) is 10.8 Å². The van der Waals surface area contributed by atoms with E-state index in [1.54, 1.807) is 30.3 Å². The largest absolute Gasteiger partial charge is 0.350 e. The van der Waals surface area contributed by atoms with Gasteiger partial charge in [0.25, 0.3) is 10.0 Å². The van der Waals surface area contributed by atoms with Gasteiger partial charge in [-0.25, -0.2) is 8.42 Å². The summed E-state index contributed by atoms with van der Waals surface area (Å²) >= 11 is 0. The van der Waals surface area contributed by atoms with Crippen LogP contribution < -0.4 is 9.62 Å². The number of aryl methyl sites for hydroxylation is 1. The summed E-state index contributed by atoms with van der Waals surface area (Å²) in [6.07, 6.45) is 1.17. The number of carbonyl (C=O) groups is 2. The zero-order chi connectivity index (χ0) is 28.6. The monoisotopic (exact) mass is 549 g/mol. The Kier molecular flexibility index (Phi) is 9.92. The van der Waals surface area contributed by atoms with Gasteiger partial charge in [-0.2, -0.15) is 0 Å². The quantitative estimate of drug-likeness (QED) is 0.358. The molecule has 0 fully saturated rings. The average Bonchev–Trinajstić information content (AvgIpc) is 2.91. The Morgan fingerprint density at radius 3 is 1.90 bits per heavy atom. The maximum absolute atomic E-state index is 14.0. The van der Waals surface area contributed by atoms with Crippen LogP contribution in [0.1, 0.15) is 52.2 Å². The normalized spacial score (nSPS) is 12.4. The number of sulfonamides is 1. The molecule has 0 saturated heterocycles. The van der Waals surface area contributed by atoms with Gasteiger partial charge in [-0.1, -0.05) is 74.5 Å². The fourth-order valence-electron chi connectivity index (χ4n) is 4.30. The van der Waals surface area contributed by atoms with Crippen molar-refractivity contribution in [2.45, 2.75) is 70.5 Å². The van der Waals surface area contributed by atoms with E-state index in [4.69, 9.17) is 0 Å². The summed E-state index contributed by atoms with van der Waals surface area (Å²) in [6.45, 7) is 9.24. The first kappa shape index (κ1) is 29.9. The maximum atomic E-state index is 14.0. The summed E-state index contributed by atoms with van der Waals surface area (Å²) in [7, 11) is -4.07. The molecule has 8 heteroatoms. The van der Waals surface area contributed by atoms with Gasteiger partial charge < -0.3 is 10.2 Å². The molecule has 208 valence electrons. The number of carbonyl (C=O) groups excluding carboxylic acids is 2. The third-order valence-corrected chi connectivity index (χ3v) is 8.11. The van der Waals surface area contributed by atoms with Crippen molar-refractivity contribution in [3.63, 3.8) is 0 Å². The lowest BCUT2D eigenvalue weighted by atomic mass is 10.1. The van der Waals surface area contributed by atoms with Crippen molar-refractivity contribution in [1.29, 1.82) is 0 Å². The minimum absolute atomic E-state index is 0.0875. The van der Waals surface area contributed by atoms with Gasteiger partial charge in [0.2, 0.25) is 11.8 Å². The highest BCUT2D eigenvalue weighted by atomic mass is 32.2. The number of anilines is 1. The Bertz CT molecular complexity index is 1340. The molecule has 1 N–H and O–H groups in total. The smallest absolute Gasteiger partial charge is 0.264 e. The van der Waals surface area contributed by atoms with Crippen molar-refractivity contribution in [3.8, 4) is 0 Å². The van der Waals surface area contributed by atoms with Crippen LogP contribution in [0.3, 0.4) is 0 Å². The topological polar surface area (TPSA) is 86.8 Å². The molecular formula is C31H39N3O4S. The van der Waals surface area contributed by atoms with E-state index in [1.807, 2.05) is 77.1 Å². The van der Waals surface area contributed by atoms with E-state index in [0.29, 0.717) is 12.1 Å². The van der Waals surface area contributed by atoms with Gasteiger partial charge in [0.15, 0.2) is 0 Å². The third kappa shape index (κ3) is 7.93. The SMILES string of the molecule is CCc1ccc(N(CC(=O)N(Cc2ccccc2)[C@@H](CC)C(=O)NC(C)(C)C)S(=O)(=O)c2ccccc2)cc1. The van der Waals surface area contributed by atoms with E-state index >= 15 is 0 Å². The van der Waals surface area contributed by atoms with Crippen LogP contribution in [0.15, 0.2) is 89.8 Å². The molecule has 1 atom stereocenters. The lowest BCUT2D eigenvalue weighted by Gasteiger charge is -2.34. The summed E-state index contributed by atoms with van der Waals surface area (Å²) in [4.78, 5) is 29.0. The summed E-state index contributed by atoms with van der Waals surface area (Å²) in [6, 6.07) is 23.9. The molecule has 0 aliphatic carbocycles. The van der Waals surface area contributed by atoms with E-state index in [-0.39, 0.29) is 17.3 Å². The third-order valence-electron chi connectivity index (χ3n) is 6.32. The number of nitrogens with one attached hydrogen (secondary N) is 1. The predicted octanol–water partition coefficient (Wildman–Crippen LogP) is 5.17. The number of nitrogens with zero attached hydrogens (tertiary/aromatic N) is 2. The van der Waals surface area contributed by atoms with Crippen molar-refractivity contribution in [1.82, 2.24) is 10.2 Å². The van der Waals surface area contributed by atoms with Crippen molar-refractivity contribution < 1.29 is 18.0 Å². The van der Waals surface area contributed by atoms with Crippen molar-refractivity contribution in [2.24, 2.45) is 0 Å². The molecule has 0 saturated carbocycles. The van der Waals surface area contributed by atoms with Crippen LogP contribution in [0.25, 0.3) is 0 Å². The van der Waals surface area contributed by atoms with E-state index in [9.17, 15) is 18.0 Å². The highest BCUT2D eigenvalue weighted by molar-refractivity contribution is 7.92. The minimum Gasteiger partial charge on any atom is -0.350 e. The Morgan fingerprint density at radius 2 is 1.38 bits per heavy atom. The molecule has 0 heterocycles. The van der Waals surface area contributed by atoms with Crippen LogP contribution in [0.2, 0.25) is 0 Å². The molecule has 0 aliphatic rings. The zero-order valence-electron chi connectivity index (χ0n) is 23.4. The molecule has 3 aromatic carbocycles. The fourth-order valence-corrected chi connectivity index (χ4v) is 5.73. The van der Waals surface area contributed by atoms with Crippen LogP contribution >= 0.6 is 0 Å². The Hall–Kier alpha value is -3.65. The van der Waals surface area contributed by atoms with Crippen LogP contribution in [0.4, 0.5) is 5.69 Å². The molecule has 0 bridgehead atoms. The number of rotatable bonds is 11. The minimum atomic E-state index is -4.07. The first-order valence-corrected chi connectivity index (χ1v) is 14.7. The first-order chi connectivity index (χ1) is 18.5. The molecule has 2 amide bonds. The highest BCUT2D eigenvalue weighted by Crippen LogP contribution is 2.25. The lowest BCUT2D eigenvalue weighted by molar-refractivity contribution is -0.141. The van der Waals surface area contributed by atoms with E-state index in [1.165, 1.54) is 17.0 Å². The number of benzene rings is 3. The molecule has 39 heavy (non-hydrogen) atoms. The van der Waals surface area contributed by atoms with Gasteiger partial charge in [-0.05, 0) is 69.0 Å². The average molecular weight is 550 g/mol. The van der Waals surface area contributed by atoms with Gasteiger partial charge >= 0.3 is 0 Å². The number of hydrogen-bond donors (Lipinski definition) is 1. The van der Waals surface area contributed by atoms with Gasteiger partial charge in [0.1, 0.15) is 12.6 Å². The number of amides is 2. The Labute approximate surface area is 232 Å². The number of hydrogen-bond acceptors (Lipinski definition) is 4. The molecule has 0 aliphatic heterocycles. The van der Waals surface area contributed by atoms with Gasteiger partial charge in [0, 0.05) is 12.1 Å². The van der Waals surface area contributed by atoms with E-state index in [0.717, 1.165) is 21.9 Å². The second kappa shape index (κ2) is 12.9. The second-order valence-corrected chi connectivity index (χ2v) is 12.4. The van der Waals surface area contributed by atoms with Crippen LogP contribution in [0, 0.1) is 0 Å². The molecular weight excluding hydrogens is 510 g/mol. The summed E-state index contributed by atoms with van der Waals surface area (Å²) < 4.78 is 28.8. The van der Waals surface area contributed by atoms with E-state index in [2.05, 4.69) is 5.32 Å². The Morgan fingerprint density at radius 1 is 0.821 bits per heavy atom. The highest BCUT2D eigenvalue weighted by Gasteiger charge is 2.34. The zero-order valence-corrected chi connectivity index (χ0v) is 24.2. The van der Waals surface area contributed by atoms with Crippen LogP contribution in [0.5, 0.6) is 0 Å². The maximum Gasteiger partial charge on any atom is 0.264 e. The van der Waals surface area contributed by atoms with Crippen molar-refractivity contribution in [3.05, 3.63) is 96.1 Å². The van der Waals surface area contributed by atoms with Crippen molar-refractivity contribution >= 4 is 27.5 Å². The standard InChI is InChI=1S/C31H39N3O4S/c1-6-24-18-20-26(21-19-24)34(39(37,38)27-16-12-9-13-17-27)23-29(35)33(22-25-14-10-8-11-15-25)28(7-2)30(36)32-31(3,4)5/h8-21,28H,6-7,22-23H2,1-5H3,(H,32,36)/t28-/m0/s1. The predicted molar refractivity (Wildman–Crippen MR) is 156 cm³/mol. The lowest BCUT2D eigenvalue weighted by Crippen LogP contribution is -2.55. The summed E-state index contributed by atoms with van der Waals surface area (Å²) in [5.41, 5.74) is 1.79. The Balaban J connectivity index is 2.05. The summed E-state index contributed by atoms with van der Waals surface area (Å²) in [5.74, 6) is -0.743. The summed E-state index contributed by atoms with van der Waals surface area (Å²) in [5, 5.41) is 2.98. The fraction of sp³-hybridized carbons (Fsp3) is 0.355. The first-order valence-electron chi connectivity index (χ1n) is 13.3. The molecule has 0 radical (unpaired) electrons. The van der Waals surface area contributed by atoms with E-state index < -0.39 is 34.1 Å². The molecule has 7 nitrogen and oxygen atoms in total. The molecule has 0 unspecified atom stereocenters.